The molecule has 0 aliphatic rings. The van der Waals surface area contributed by atoms with Gasteiger partial charge < -0.3 is 15.4 Å². The highest BCUT2D eigenvalue weighted by Gasteiger charge is 2.22. The molecule has 0 unspecified atom stereocenters. The van der Waals surface area contributed by atoms with Crippen LogP contribution in [0, 0.1) is 5.92 Å². The quantitative estimate of drug-likeness (QED) is 0.752. The zero-order valence-corrected chi connectivity index (χ0v) is 16.0. The van der Waals surface area contributed by atoms with Gasteiger partial charge in [-0.25, -0.2) is 0 Å². The minimum absolute atomic E-state index is 0.0103. The van der Waals surface area contributed by atoms with Crippen molar-refractivity contribution < 1.29 is 14.3 Å². The Balaban J connectivity index is 2.00. The average molecular weight is 405 g/mol. The van der Waals surface area contributed by atoms with Gasteiger partial charge in [0.1, 0.15) is 17.5 Å². The molecule has 2 amide bonds. The van der Waals surface area contributed by atoms with E-state index in [-0.39, 0.29) is 17.7 Å². The van der Waals surface area contributed by atoms with Crippen LogP contribution in [0.15, 0.2) is 53.0 Å². The Hall–Kier alpha value is -2.34. The van der Waals surface area contributed by atoms with E-state index >= 15 is 0 Å². The minimum atomic E-state index is -0.573. The molecular formula is C19H21BrN2O3. The first-order valence-electron chi connectivity index (χ1n) is 7.96. The van der Waals surface area contributed by atoms with Gasteiger partial charge >= 0.3 is 0 Å². The number of nitrogens with one attached hydrogen (secondary N) is 2. The molecule has 132 valence electrons. The lowest BCUT2D eigenvalue weighted by molar-refractivity contribution is -0.126. The van der Waals surface area contributed by atoms with Crippen molar-refractivity contribution in [2.24, 2.45) is 5.92 Å². The van der Waals surface area contributed by atoms with Gasteiger partial charge in [0, 0.05) is 17.1 Å². The monoisotopic (exact) mass is 404 g/mol. The van der Waals surface area contributed by atoms with Crippen LogP contribution < -0.4 is 15.4 Å². The van der Waals surface area contributed by atoms with Crippen molar-refractivity contribution in [3.05, 3.63) is 53.0 Å². The van der Waals surface area contributed by atoms with E-state index in [4.69, 9.17) is 4.74 Å². The fourth-order valence-corrected chi connectivity index (χ4v) is 2.48. The molecule has 0 bridgehead atoms. The van der Waals surface area contributed by atoms with E-state index in [1.165, 1.54) is 6.92 Å². The van der Waals surface area contributed by atoms with E-state index in [1.54, 1.807) is 24.3 Å². The van der Waals surface area contributed by atoms with E-state index in [0.29, 0.717) is 11.4 Å². The van der Waals surface area contributed by atoms with Gasteiger partial charge in [-0.05, 0) is 54.4 Å². The second kappa shape index (κ2) is 8.67. The lowest BCUT2D eigenvalue weighted by Gasteiger charge is -2.21. The van der Waals surface area contributed by atoms with Gasteiger partial charge in [0.25, 0.3) is 0 Å². The predicted octanol–water partition coefficient (Wildman–Crippen LogP) is 4.34. The standard InChI is InChI=1S/C19H21BrN2O3/c1-12(2)18(21-13(3)23)19(24)22-15-6-10-17(11-7-15)25-16-8-4-14(20)5-9-16/h4-12,18H,1-3H3,(H,21,23)(H,22,24)/t18-/m0/s1. The lowest BCUT2D eigenvalue weighted by atomic mass is 10.0. The maximum absolute atomic E-state index is 12.3. The molecule has 2 aromatic carbocycles. The summed E-state index contributed by atoms with van der Waals surface area (Å²) in [7, 11) is 0. The first-order chi connectivity index (χ1) is 11.8. The molecule has 0 fully saturated rings. The summed E-state index contributed by atoms with van der Waals surface area (Å²) in [6.45, 7) is 5.17. The highest BCUT2D eigenvalue weighted by atomic mass is 79.9. The number of halogens is 1. The van der Waals surface area contributed by atoms with Crippen LogP contribution >= 0.6 is 15.9 Å². The maximum atomic E-state index is 12.3. The number of ether oxygens (including phenoxy) is 1. The topological polar surface area (TPSA) is 67.4 Å². The first-order valence-corrected chi connectivity index (χ1v) is 8.76. The Kier molecular flexibility index (Phi) is 6.58. The third-order valence-electron chi connectivity index (χ3n) is 3.48. The van der Waals surface area contributed by atoms with Crippen molar-refractivity contribution in [3.8, 4) is 11.5 Å². The normalized spacial score (nSPS) is 11.7. The Morgan fingerprint density at radius 3 is 1.96 bits per heavy atom. The number of anilines is 1. The van der Waals surface area contributed by atoms with Crippen molar-refractivity contribution in [2.45, 2.75) is 26.8 Å². The van der Waals surface area contributed by atoms with E-state index in [2.05, 4.69) is 26.6 Å². The van der Waals surface area contributed by atoms with Crippen molar-refractivity contribution in [1.29, 1.82) is 0 Å². The van der Waals surface area contributed by atoms with E-state index < -0.39 is 6.04 Å². The SMILES string of the molecule is CC(=O)N[C@H](C(=O)Nc1ccc(Oc2ccc(Br)cc2)cc1)C(C)C. The number of benzene rings is 2. The molecule has 0 saturated carbocycles. The second-order valence-electron chi connectivity index (χ2n) is 5.99. The fourth-order valence-electron chi connectivity index (χ4n) is 2.22. The molecule has 0 radical (unpaired) electrons. The number of carbonyl (C=O) groups excluding carboxylic acids is 2. The molecule has 1 atom stereocenters. The highest BCUT2D eigenvalue weighted by molar-refractivity contribution is 9.10. The molecule has 2 N–H and O–H groups in total. The maximum Gasteiger partial charge on any atom is 0.247 e. The summed E-state index contributed by atoms with van der Waals surface area (Å²) >= 11 is 3.38. The molecule has 0 aromatic heterocycles. The van der Waals surface area contributed by atoms with Crippen LogP contribution in [-0.4, -0.2) is 17.9 Å². The Labute approximate surface area is 155 Å². The van der Waals surface area contributed by atoms with Crippen molar-refractivity contribution in [3.63, 3.8) is 0 Å². The molecule has 0 heterocycles. The molecular weight excluding hydrogens is 384 g/mol. The van der Waals surface area contributed by atoms with Crippen LogP contribution in [0.4, 0.5) is 5.69 Å². The van der Waals surface area contributed by atoms with Gasteiger partial charge in [0.05, 0.1) is 0 Å². The Bertz CT molecular complexity index is 727. The highest BCUT2D eigenvalue weighted by Crippen LogP contribution is 2.24. The van der Waals surface area contributed by atoms with Gasteiger partial charge in [0.15, 0.2) is 0 Å². The van der Waals surface area contributed by atoms with Gasteiger partial charge in [-0.15, -0.1) is 0 Å². The molecule has 25 heavy (non-hydrogen) atoms. The molecule has 0 aliphatic carbocycles. The smallest absolute Gasteiger partial charge is 0.247 e. The van der Waals surface area contributed by atoms with Crippen LogP contribution in [0.2, 0.25) is 0 Å². The van der Waals surface area contributed by atoms with Gasteiger partial charge in [-0.1, -0.05) is 29.8 Å². The molecule has 6 heteroatoms. The van der Waals surface area contributed by atoms with Crippen LogP contribution in [0.1, 0.15) is 20.8 Å². The second-order valence-corrected chi connectivity index (χ2v) is 6.91. The van der Waals surface area contributed by atoms with Gasteiger partial charge in [-0.2, -0.15) is 0 Å². The summed E-state index contributed by atoms with van der Waals surface area (Å²) in [4.78, 5) is 23.6. The number of hydrogen-bond acceptors (Lipinski definition) is 3. The van der Waals surface area contributed by atoms with Crippen molar-refractivity contribution in [2.75, 3.05) is 5.32 Å². The van der Waals surface area contributed by atoms with Crippen LogP contribution in [-0.2, 0) is 9.59 Å². The van der Waals surface area contributed by atoms with Crippen molar-refractivity contribution >= 4 is 33.4 Å². The summed E-state index contributed by atoms with van der Waals surface area (Å²) in [5.74, 6) is 0.913. The average Bonchev–Trinajstić information content (AvgIpc) is 2.56. The summed E-state index contributed by atoms with van der Waals surface area (Å²) in [6, 6.07) is 14.0. The zero-order valence-electron chi connectivity index (χ0n) is 14.4. The van der Waals surface area contributed by atoms with Crippen LogP contribution in [0.3, 0.4) is 0 Å². The van der Waals surface area contributed by atoms with E-state index in [9.17, 15) is 9.59 Å². The third-order valence-corrected chi connectivity index (χ3v) is 4.01. The number of hydrogen-bond donors (Lipinski definition) is 2. The van der Waals surface area contributed by atoms with Gasteiger partial charge in [0.2, 0.25) is 11.8 Å². The van der Waals surface area contributed by atoms with E-state index in [1.807, 2.05) is 38.1 Å². The number of carbonyl (C=O) groups is 2. The molecule has 0 saturated heterocycles. The Morgan fingerprint density at radius 2 is 1.48 bits per heavy atom. The fraction of sp³-hybridized carbons (Fsp3) is 0.263. The summed E-state index contributed by atoms with van der Waals surface area (Å²) in [6.07, 6.45) is 0. The first kappa shape index (κ1) is 19.0. The molecule has 0 spiro atoms. The number of rotatable bonds is 6. The van der Waals surface area contributed by atoms with Crippen molar-refractivity contribution in [1.82, 2.24) is 5.32 Å². The predicted molar refractivity (Wildman–Crippen MR) is 102 cm³/mol. The van der Waals surface area contributed by atoms with Crippen LogP contribution in [0.25, 0.3) is 0 Å². The minimum Gasteiger partial charge on any atom is -0.457 e. The molecule has 2 aromatic rings. The summed E-state index contributed by atoms with van der Waals surface area (Å²) < 4.78 is 6.72. The molecule has 5 nitrogen and oxygen atoms in total. The largest absolute Gasteiger partial charge is 0.457 e. The zero-order chi connectivity index (χ0) is 18.4. The molecule has 2 rings (SSSR count). The van der Waals surface area contributed by atoms with Gasteiger partial charge in [-0.3, -0.25) is 9.59 Å². The summed E-state index contributed by atoms with van der Waals surface area (Å²) in [5.41, 5.74) is 0.643. The Morgan fingerprint density at radius 1 is 0.960 bits per heavy atom. The van der Waals surface area contributed by atoms with E-state index in [0.717, 1.165) is 10.2 Å². The van der Waals surface area contributed by atoms with Crippen LogP contribution in [0.5, 0.6) is 11.5 Å². The molecule has 0 aliphatic heterocycles. The lowest BCUT2D eigenvalue weighted by Crippen LogP contribution is -2.46. The summed E-state index contributed by atoms with van der Waals surface area (Å²) in [5, 5.41) is 5.48. The third kappa shape index (κ3) is 5.90. The number of amides is 2.